The van der Waals surface area contributed by atoms with Crippen LogP contribution in [0.25, 0.3) is 0 Å². The van der Waals surface area contributed by atoms with Crippen LogP contribution in [0.1, 0.15) is 11.1 Å². The number of anilines is 1. The molecule has 0 amide bonds. The Kier molecular flexibility index (Phi) is 4.56. The number of benzene rings is 2. The van der Waals surface area contributed by atoms with Gasteiger partial charge in [0.1, 0.15) is 11.9 Å². The van der Waals surface area contributed by atoms with E-state index in [0.29, 0.717) is 6.54 Å². The minimum Gasteiger partial charge on any atom is -0.380 e. The third kappa shape index (κ3) is 3.55. The summed E-state index contributed by atoms with van der Waals surface area (Å²) in [6, 6.07) is 12.2. The van der Waals surface area contributed by atoms with Crippen molar-refractivity contribution in [2.75, 3.05) is 5.32 Å². The lowest BCUT2D eigenvalue weighted by molar-refractivity contribution is 0.623. The highest BCUT2D eigenvalue weighted by Crippen LogP contribution is 2.26. The number of halogens is 3. The fourth-order valence-corrected chi connectivity index (χ4v) is 2.35. The summed E-state index contributed by atoms with van der Waals surface area (Å²) in [5.74, 6) is -0.491. The zero-order valence-electron chi connectivity index (χ0n) is 9.75. The third-order valence-corrected chi connectivity index (χ3v) is 3.75. The largest absolute Gasteiger partial charge is 0.380 e. The van der Waals surface area contributed by atoms with Gasteiger partial charge in [-0.1, -0.05) is 22.0 Å². The molecule has 0 bridgehead atoms. The zero-order valence-corrected chi connectivity index (χ0v) is 12.9. The summed E-state index contributed by atoms with van der Waals surface area (Å²) in [6.45, 7) is 0.518. The molecule has 0 aliphatic rings. The van der Waals surface area contributed by atoms with E-state index in [4.69, 9.17) is 5.26 Å². The van der Waals surface area contributed by atoms with Crippen LogP contribution in [0.4, 0.5) is 10.1 Å². The van der Waals surface area contributed by atoms with Gasteiger partial charge in [-0.2, -0.15) is 5.26 Å². The second-order valence-corrected chi connectivity index (χ2v) is 5.67. The Balaban J connectivity index is 2.15. The highest BCUT2D eigenvalue weighted by atomic mass is 79.9. The predicted molar refractivity (Wildman–Crippen MR) is 80.3 cm³/mol. The molecule has 0 saturated carbocycles. The standard InChI is InChI=1S/C14H9Br2FN2/c15-11-2-3-12(16)14(6-11)19-8-9-1-4-13(17)10(5-9)7-18/h1-6,19H,8H2. The molecule has 19 heavy (non-hydrogen) atoms. The third-order valence-electron chi connectivity index (χ3n) is 2.56. The second kappa shape index (κ2) is 6.18. The molecule has 0 radical (unpaired) electrons. The maximum atomic E-state index is 13.2. The van der Waals surface area contributed by atoms with E-state index < -0.39 is 5.82 Å². The van der Waals surface area contributed by atoms with Crippen molar-refractivity contribution in [2.45, 2.75) is 6.54 Å². The van der Waals surface area contributed by atoms with Crippen LogP contribution >= 0.6 is 31.9 Å². The van der Waals surface area contributed by atoms with Gasteiger partial charge in [0, 0.05) is 21.2 Å². The number of rotatable bonds is 3. The molecule has 2 aromatic carbocycles. The second-order valence-electron chi connectivity index (χ2n) is 3.90. The molecule has 2 rings (SSSR count). The molecule has 0 atom stereocenters. The fraction of sp³-hybridized carbons (Fsp3) is 0.0714. The first-order chi connectivity index (χ1) is 9.10. The van der Waals surface area contributed by atoms with E-state index in [1.54, 1.807) is 12.1 Å². The first-order valence-corrected chi connectivity index (χ1v) is 7.06. The normalized spacial score (nSPS) is 10.0. The lowest BCUT2D eigenvalue weighted by Crippen LogP contribution is -2.01. The number of nitriles is 1. The highest BCUT2D eigenvalue weighted by molar-refractivity contribution is 9.11. The van der Waals surface area contributed by atoms with Crippen molar-refractivity contribution in [3.63, 3.8) is 0 Å². The molecule has 2 aromatic rings. The van der Waals surface area contributed by atoms with Crippen molar-refractivity contribution < 1.29 is 4.39 Å². The first kappa shape index (κ1) is 14.0. The highest BCUT2D eigenvalue weighted by Gasteiger charge is 2.04. The molecule has 0 unspecified atom stereocenters. The average molecular weight is 384 g/mol. The van der Waals surface area contributed by atoms with Crippen LogP contribution < -0.4 is 5.32 Å². The summed E-state index contributed by atoms with van der Waals surface area (Å²) in [7, 11) is 0. The van der Waals surface area contributed by atoms with Gasteiger partial charge in [0.2, 0.25) is 0 Å². The molecule has 0 heterocycles. The first-order valence-electron chi connectivity index (χ1n) is 5.47. The quantitative estimate of drug-likeness (QED) is 0.823. The predicted octanol–water partition coefficient (Wildman–Crippen LogP) is 4.83. The van der Waals surface area contributed by atoms with Crippen LogP contribution in [-0.4, -0.2) is 0 Å². The van der Waals surface area contributed by atoms with Crippen molar-refractivity contribution in [1.29, 1.82) is 5.26 Å². The van der Waals surface area contributed by atoms with E-state index >= 15 is 0 Å². The number of nitrogens with zero attached hydrogens (tertiary/aromatic N) is 1. The van der Waals surface area contributed by atoms with Gasteiger partial charge in [0.25, 0.3) is 0 Å². The van der Waals surface area contributed by atoms with Gasteiger partial charge in [-0.3, -0.25) is 0 Å². The Morgan fingerprint density at radius 1 is 1.16 bits per heavy atom. The molecule has 0 saturated heterocycles. The molecule has 0 aromatic heterocycles. The lowest BCUT2D eigenvalue weighted by Gasteiger charge is -2.09. The van der Waals surface area contributed by atoms with Gasteiger partial charge in [-0.05, 0) is 51.8 Å². The molecular weight excluding hydrogens is 375 g/mol. The lowest BCUT2D eigenvalue weighted by atomic mass is 10.1. The van der Waals surface area contributed by atoms with Crippen molar-refractivity contribution in [3.8, 4) is 6.07 Å². The van der Waals surface area contributed by atoms with Gasteiger partial charge >= 0.3 is 0 Å². The topological polar surface area (TPSA) is 35.8 Å². The Morgan fingerprint density at radius 3 is 2.68 bits per heavy atom. The maximum Gasteiger partial charge on any atom is 0.140 e. The molecule has 96 valence electrons. The van der Waals surface area contributed by atoms with E-state index in [9.17, 15) is 4.39 Å². The summed E-state index contributed by atoms with van der Waals surface area (Å²) >= 11 is 6.85. The monoisotopic (exact) mass is 382 g/mol. The fourth-order valence-electron chi connectivity index (χ4n) is 1.60. The summed E-state index contributed by atoms with van der Waals surface area (Å²) in [6.07, 6.45) is 0. The minimum atomic E-state index is -0.491. The van der Waals surface area contributed by atoms with Crippen LogP contribution in [0, 0.1) is 17.1 Å². The van der Waals surface area contributed by atoms with Gasteiger partial charge in [-0.15, -0.1) is 0 Å². The summed E-state index contributed by atoms with van der Waals surface area (Å²) < 4.78 is 15.1. The van der Waals surface area contributed by atoms with E-state index in [0.717, 1.165) is 20.2 Å². The van der Waals surface area contributed by atoms with E-state index in [1.165, 1.54) is 6.07 Å². The van der Waals surface area contributed by atoms with Crippen molar-refractivity contribution in [2.24, 2.45) is 0 Å². The van der Waals surface area contributed by atoms with E-state index in [1.807, 2.05) is 24.3 Å². The number of hydrogen-bond donors (Lipinski definition) is 1. The Bertz CT molecular complexity index is 650. The molecule has 2 nitrogen and oxygen atoms in total. The van der Waals surface area contributed by atoms with Crippen LogP contribution in [0.2, 0.25) is 0 Å². The van der Waals surface area contributed by atoms with Crippen LogP contribution in [0.15, 0.2) is 45.3 Å². The number of hydrogen-bond acceptors (Lipinski definition) is 2. The minimum absolute atomic E-state index is 0.0626. The van der Waals surface area contributed by atoms with Gasteiger partial charge in [-0.25, -0.2) is 4.39 Å². The zero-order chi connectivity index (χ0) is 13.8. The molecule has 0 spiro atoms. The molecule has 5 heteroatoms. The molecule has 1 N–H and O–H groups in total. The Hall–Kier alpha value is -1.38. The van der Waals surface area contributed by atoms with Crippen molar-refractivity contribution >= 4 is 37.5 Å². The SMILES string of the molecule is N#Cc1cc(CNc2cc(Br)ccc2Br)ccc1F. The maximum absolute atomic E-state index is 13.2. The summed E-state index contributed by atoms with van der Waals surface area (Å²) in [5, 5.41) is 12.0. The molecule has 0 fully saturated rings. The molecule has 0 aliphatic carbocycles. The van der Waals surface area contributed by atoms with Gasteiger partial charge in [0.15, 0.2) is 0 Å². The van der Waals surface area contributed by atoms with Crippen molar-refractivity contribution in [1.82, 2.24) is 0 Å². The number of nitrogens with one attached hydrogen (secondary N) is 1. The van der Waals surface area contributed by atoms with E-state index in [2.05, 4.69) is 37.2 Å². The van der Waals surface area contributed by atoms with Gasteiger partial charge in [0.05, 0.1) is 5.56 Å². The van der Waals surface area contributed by atoms with Crippen molar-refractivity contribution in [3.05, 3.63) is 62.3 Å². The van der Waals surface area contributed by atoms with Gasteiger partial charge < -0.3 is 5.32 Å². The Morgan fingerprint density at radius 2 is 1.95 bits per heavy atom. The summed E-state index contributed by atoms with van der Waals surface area (Å²) in [4.78, 5) is 0. The van der Waals surface area contributed by atoms with E-state index in [-0.39, 0.29) is 5.56 Å². The molecule has 0 aliphatic heterocycles. The average Bonchev–Trinajstić information content (AvgIpc) is 2.41. The Labute approximate surface area is 127 Å². The van der Waals surface area contributed by atoms with Crippen LogP contribution in [0.3, 0.4) is 0 Å². The van der Waals surface area contributed by atoms with Crippen LogP contribution in [-0.2, 0) is 6.54 Å². The smallest absolute Gasteiger partial charge is 0.140 e. The molecular formula is C14H9Br2FN2. The summed E-state index contributed by atoms with van der Waals surface area (Å²) in [5.41, 5.74) is 1.84. The van der Waals surface area contributed by atoms with Crippen LogP contribution in [0.5, 0.6) is 0 Å².